The number of hydrogen-bond donors (Lipinski definition) is 1. The molecule has 0 radical (unpaired) electrons. The monoisotopic (exact) mass is 333 g/mol. The van der Waals surface area contributed by atoms with E-state index in [-0.39, 0.29) is 17.9 Å². The van der Waals surface area contributed by atoms with Crippen molar-refractivity contribution in [3.63, 3.8) is 0 Å². The van der Waals surface area contributed by atoms with Gasteiger partial charge in [0.05, 0.1) is 13.0 Å². The number of benzene rings is 1. The van der Waals surface area contributed by atoms with Gasteiger partial charge in [-0.3, -0.25) is 4.79 Å². The van der Waals surface area contributed by atoms with Gasteiger partial charge in [-0.05, 0) is 60.7 Å². The third-order valence-electron chi connectivity index (χ3n) is 2.56. The van der Waals surface area contributed by atoms with Gasteiger partial charge in [-0.2, -0.15) is 0 Å². The molecule has 0 bridgehead atoms. The predicted octanol–water partition coefficient (Wildman–Crippen LogP) is 2.90. The number of carbonyl (C=O) groups is 1. The number of halogens is 1. The van der Waals surface area contributed by atoms with Crippen molar-refractivity contribution < 1.29 is 9.53 Å². The number of methoxy groups -OCH3 is 1. The summed E-state index contributed by atoms with van der Waals surface area (Å²) in [7, 11) is 1.41. The van der Waals surface area contributed by atoms with Crippen LogP contribution in [0.4, 0.5) is 5.69 Å². The Morgan fingerprint density at radius 1 is 1.31 bits per heavy atom. The summed E-state index contributed by atoms with van der Waals surface area (Å²) in [6.45, 7) is 3.83. The van der Waals surface area contributed by atoms with Crippen LogP contribution in [0.25, 0.3) is 0 Å². The van der Waals surface area contributed by atoms with E-state index in [4.69, 9.17) is 4.74 Å². The number of rotatable bonds is 4. The van der Waals surface area contributed by atoms with Gasteiger partial charge >= 0.3 is 5.97 Å². The maximum atomic E-state index is 11.3. The Kier molecular flexibility index (Phi) is 5.05. The van der Waals surface area contributed by atoms with Crippen LogP contribution in [0, 0.1) is 9.49 Å². The Balaban J connectivity index is 2.60. The smallest absolute Gasteiger partial charge is 0.310 e. The van der Waals surface area contributed by atoms with Crippen LogP contribution >= 0.6 is 22.6 Å². The largest absolute Gasteiger partial charge is 0.469 e. The summed E-state index contributed by atoms with van der Waals surface area (Å²) in [5.74, 6) is -0.352. The van der Waals surface area contributed by atoms with Crippen molar-refractivity contribution in [3.8, 4) is 0 Å². The first-order valence-corrected chi connectivity index (χ1v) is 6.22. The number of anilines is 1. The SMILES string of the molecule is COC(=O)C(C)C(C)Nc1ccc(I)cc1. The zero-order valence-corrected chi connectivity index (χ0v) is 11.8. The van der Waals surface area contributed by atoms with Crippen molar-refractivity contribution in [2.24, 2.45) is 5.92 Å². The van der Waals surface area contributed by atoms with Crippen LogP contribution in [-0.4, -0.2) is 19.1 Å². The van der Waals surface area contributed by atoms with Gasteiger partial charge in [0.1, 0.15) is 0 Å². The molecule has 1 aromatic carbocycles. The Morgan fingerprint density at radius 3 is 2.38 bits per heavy atom. The van der Waals surface area contributed by atoms with Crippen LogP contribution in [0.1, 0.15) is 13.8 Å². The second-order valence-electron chi connectivity index (χ2n) is 3.75. The molecule has 0 aromatic heterocycles. The van der Waals surface area contributed by atoms with Crippen LogP contribution in [0.15, 0.2) is 24.3 Å². The van der Waals surface area contributed by atoms with E-state index in [1.165, 1.54) is 10.7 Å². The second kappa shape index (κ2) is 6.08. The van der Waals surface area contributed by atoms with Crippen LogP contribution in [0.3, 0.4) is 0 Å². The average Bonchev–Trinajstić information content (AvgIpc) is 2.30. The van der Waals surface area contributed by atoms with Crippen LogP contribution in [0.5, 0.6) is 0 Å². The van der Waals surface area contributed by atoms with E-state index in [0.717, 1.165) is 5.69 Å². The fourth-order valence-electron chi connectivity index (χ4n) is 1.32. The molecule has 0 amide bonds. The predicted molar refractivity (Wildman–Crippen MR) is 73.4 cm³/mol. The van der Waals surface area contributed by atoms with E-state index in [2.05, 4.69) is 27.9 Å². The maximum absolute atomic E-state index is 11.3. The van der Waals surface area contributed by atoms with Gasteiger partial charge in [0, 0.05) is 15.3 Å². The number of carbonyl (C=O) groups excluding carboxylic acids is 1. The average molecular weight is 333 g/mol. The fraction of sp³-hybridized carbons (Fsp3) is 0.417. The lowest BCUT2D eigenvalue weighted by atomic mass is 10.0. The van der Waals surface area contributed by atoms with Crippen molar-refractivity contribution in [2.75, 3.05) is 12.4 Å². The Labute approximate surface area is 110 Å². The van der Waals surface area contributed by atoms with Crippen molar-refractivity contribution >= 4 is 34.2 Å². The Hall–Kier alpha value is -0.780. The number of esters is 1. The van der Waals surface area contributed by atoms with Crippen molar-refractivity contribution in [1.82, 2.24) is 0 Å². The highest BCUT2D eigenvalue weighted by Crippen LogP contribution is 2.15. The van der Waals surface area contributed by atoms with Gasteiger partial charge < -0.3 is 10.1 Å². The fourth-order valence-corrected chi connectivity index (χ4v) is 1.68. The molecule has 2 atom stereocenters. The van der Waals surface area contributed by atoms with Crippen LogP contribution in [-0.2, 0) is 9.53 Å². The van der Waals surface area contributed by atoms with E-state index in [1.54, 1.807) is 0 Å². The summed E-state index contributed by atoms with van der Waals surface area (Å²) >= 11 is 2.26. The lowest BCUT2D eigenvalue weighted by molar-refractivity contribution is -0.145. The number of ether oxygens (including phenoxy) is 1. The summed E-state index contributed by atoms with van der Waals surface area (Å²) in [5, 5.41) is 3.28. The zero-order chi connectivity index (χ0) is 12.1. The quantitative estimate of drug-likeness (QED) is 0.680. The molecule has 16 heavy (non-hydrogen) atoms. The molecular weight excluding hydrogens is 317 g/mol. The molecule has 3 nitrogen and oxygen atoms in total. The maximum Gasteiger partial charge on any atom is 0.310 e. The van der Waals surface area contributed by atoms with Gasteiger partial charge in [0.2, 0.25) is 0 Å². The first kappa shape index (κ1) is 13.3. The summed E-state index contributed by atoms with van der Waals surface area (Å²) in [6.07, 6.45) is 0. The molecule has 0 saturated heterocycles. The molecule has 0 saturated carbocycles. The van der Waals surface area contributed by atoms with E-state index in [1.807, 2.05) is 38.1 Å². The lowest BCUT2D eigenvalue weighted by Crippen LogP contribution is -2.30. The summed E-state index contributed by atoms with van der Waals surface area (Å²) in [5.41, 5.74) is 1.02. The van der Waals surface area contributed by atoms with Crippen molar-refractivity contribution in [1.29, 1.82) is 0 Å². The van der Waals surface area contributed by atoms with Gasteiger partial charge in [0.15, 0.2) is 0 Å². The first-order chi connectivity index (χ1) is 7.54. The summed E-state index contributed by atoms with van der Waals surface area (Å²) in [6, 6.07) is 8.11. The van der Waals surface area contributed by atoms with E-state index >= 15 is 0 Å². The molecule has 1 N–H and O–H groups in total. The molecule has 1 aromatic rings. The van der Waals surface area contributed by atoms with E-state index in [0.29, 0.717) is 0 Å². The minimum atomic E-state index is -0.189. The van der Waals surface area contributed by atoms with E-state index in [9.17, 15) is 4.79 Å². The molecular formula is C12H16INO2. The van der Waals surface area contributed by atoms with Gasteiger partial charge in [-0.15, -0.1) is 0 Å². The van der Waals surface area contributed by atoms with Gasteiger partial charge in [-0.1, -0.05) is 0 Å². The molecule has 88 valence electrons. The lowest BCUT2D eigenvalue weighted by Gasteiger charge is -2.20. The highest BCUT2D eigenvalue weighted by atomic mass is 127. The third-order valence-corrected chi connectivity index (χ3v) is 3.28. The molecule has 0 heterocycles. The van der Waals surface area contributed by atoms with Crippen molar-refractivity contribution in [2.45, 2.75) is 19.9 Å². The highest BCUT2D eigenvalue weighted by Gasteiger charge is 2.20. The second-order valence-corrected chi connectivity index (χ2v) is 5.00. The minimum absolute atomic E-state index is 0.0486. The van der Waals surface area contributed by atoms with Gasteiger partial charge in [-0.25, -0.2) is 0 Å². The normalized spacial score (nSPS) is 14.0. The molecule has 0 spiro atoms. The topological polar surface area (TPSA) is 38.3 Å². The number of hydrogen-bond acceptors (Lipinski definition) is 3. The third kappa shape index (κ3) is 3.66. The summed E-state index contributed by atoms with van der Waals surface area (Å²) < 4.78 is 5.90. The number of nitrogens with one attached hydrogen (secondary N) is 1. The Bertz CT molecular complexity index is 351. The molecule has 2 unspecified atom stereocenters. The molecule has 1 rings (SSSR count). The highest BCUT2D eigenvalue weighted by molar-refractivity contribution is 14.1. The Morgan fingerprint density at radius 2 is 1.88 bits per heavy atom. The van der Waals surface area contributed by atoms with Crippen molar-refractivity contribution in [3.05, 3.63) is 27.8 Å². The summed E-state index contributed by atoms with van der Waals surface area (Å²) in [4.78, 5) is 11.3. The first-order valence-electron chi connectivity index (χ1n) is 5.14. The minimum Gasteiger partial charge on any atom is -0.469 e. The molecule has 0 fully saturated rings. The van der Waals surface area contributed by atoms with E-state index < -0.39 is 0 Å². The van der Waals surface area contributed by atoms with Crippen LogP contribution in [0.2, 0.25) is 0 Å². The molecule has 0 aliphatic rings. The molecule has 4 heteroatoms. The molecule has 0 aliphatic heterocycles. The van der Waals surface area contributed by atoms with Crippen LogP contribution < -0.4 is 5.32 Å². The zero-order valence-electron chi connectivity index (χ0n) is 9.66. The van der Waals surface area contributed by atoms with Gasteiger partial charge in [0.25, 0.3) is 0 Å². The standard InChI is InChI=1S/C12H16INO2/c1-8(12(15)16-3)9(2)14-11-6-4-10(13)5-7-11/h4-9,14H,1-3H3. The molecule has 0 aliphatic carbocycles.